The number of nitrogens with one attached hydrogen (secondary N) is 1. The molecule has 29 heavy (non-hydrogen) atoms. The Hall–Kier alpha value is -3.18. The van der Waals surface area contributed by atoms with Crippen LogP contribution in [-0.4, -0.2) is 23.8 Å². The number of amides is 1. The van der Waals surface area contributed by atoms with Crippen LogP contribution in [0.15, 0.2) is 59.7 Å². The quantitative estimate of drug-likeness (QED) is 0.497. The molecule has 5 heteroatoms. The molecule has 0 aliphatic carbocycles. The Morgan fingerprint density at radius 1 is 1.03 bits per heavy atom. The van der Waals surface area contributed by atoms with Crippen molar-refractivity contribution in [1.82, 2.24) is 9.99 Å². The summed E-state index contributed by atoms with van der Waals surface area (Å²) in [6.07, 6.45) is 0.984. The first kappa shape index (κ1) is 20.6. The molecule has 1 unspecified atom stereocenters. The number of hydrogen-bond acceptors (Lipinski definition) is 3. The van der Waals surface area contributed by atoms with E-state index in [0.29, 0.717) is 0 Å². The number of nitrogens with zero attached hydrogens (tertiary/aromatic N) is 2. The summed E-state index contributed by atoms with van der Waals surface area (Å²) in [5, 5.41) is 4.17. The third kappa shape index (κ3) is 4.30. The Morgan fingerprint density at radius 2 is 1.69 bits per heavy atom. The summed E-state index contributed by atoms with van der Waals surface area (Å²) in [6.45, 7) is 8.36. The monoisotopic (exact) mass is 389 g/mol. The van der Waals surface area contributed by atoms with E-state index in [1.54, 1.807) is 6.21 Å². The van der Waals surface area contributed by atoms with Gasteiger partial charge in [0.05, 0.1) is 11.9 Å². The van der Waals surface area contributed by atoms with Crippen molar-refractivity contribution in [2.75, 3.05) is 7.11 Å². The van der Waals surface area contributed by atoms with Crippen LogP contribution < -0.4 is 5.43 Å². The lowest BCUT2D eigenvalue weighted by Gasteiger charge is -2.15. The molecule has 0 saturated heterocycles. The molecule has 3 aromatic rings. The highest BCUT2D eigenvalue weighted by molar-refractivity contribution is 5.86. The maximum Gasteiger partial charge on any atom is 0.273 e. The maximum absolute atomic E-state index is 12.5. The second-order valence-corrected chi connectivity index (χ2v) is 7.16. The van der Waals surface area contributed by atoms with Crippen molar-refractivity contribution >= 4 is 12.1 Å². The van der Waals surface area contributed by atoms with E-state index >= 15 is 0 Å². The zero-order valence-electron chi connectivity index (χ0n) is 17.6. The van der Waals surface area contributed by atoms with Gasteiger partial charge in [-0.15, -0.1) is 0 Å². The zero-order chi connectivity index (χ0) is 21.0. The molecule has 150 valence electrons. The second-order valence-electron chi connectivity index (χ2n) is 7.16. The van der Waals surface area contributed by atoms with Crippen LogP contribution in [0.5, 0.6) is 0 Å². The minimum atomic E-state index is -0.699. The smallest absolute Gasteiger partial charge is 0.273 e. The zero-order valence-corrected chi connectivity index (χ0v) is 17.6. The lowest BCUT2D eigenvalue weighted by molar-refractivity contribution is -0.131. The Morgan fingerprint density at radius 3 is 2.31 bits per heavy atom. The normalized spacial score (nSPS) is 12.3. The summed E-state index contributed by atoms with van der Waals surface area (Å²) >= 11 is 0. The fourth-order valence-electron chi connectivity index (χ4n) is 3.67. The standard InChI is InChI=1S/C24H27N3O2/c1-16-10-9-11-17(2)22(16)27-18(3)14-21(19(27)4)15-25-26-24(28)23(29-5)20-12-7-6-8-13-20/h6-15,23H,1-5H3,(H,26,28)/b25-15+. The van der Waals surface area contributed by atoms with Crippen LogP contribution in [0.1, 0.15) is 39.7 Å². The van der Waals surface area contributed by atoms with Crippen molar-refractivity contribution < 1.29 is 9.53 Å². The Balaban J connectivity index is 1.81. The molecule has 0 radical (unpaired) electrons. The summed E-state index contributed by atoms with van der Waals surface area (Å²) in [7, 11) is 1.51. The Labute approximate surface area is 172 Å². The van der Waals surface area contributed by atoms with Crippen molar-refractivity contribution in [3.8, 4) is 5.69 Å². The lowest BCUT2D eigenvalue weighted by atomic mass is 10.1. The van der Waals surface area contributed by atoms with Crippen molar-refractivity contribution in [2.45, 2.75) is 33.8 Å². The van der Waals surface area contributed by atoms with E-state index in [0.717, 1.165) is 22.5 Å². The van der Waals surface area contributed by atoms with Gasteiger partial charge in [0.25, 0.3) is 5.91 Å². The first-order valence-corrected chi connectivity index (χ1v) is 9.60. The fourth-order valence-corrected chi connectivity index (χ4v) is 3.67. The van der Waals surface area contributed by atoms with Gasteiger partial charge in [-0.25, -0.2) is 5.43 Å². The molecule has 3 rings (SSSR count). The number of para-hydroxylation sites is 1. The van der Waals surface area contributed by atoms with Gasteiger partial charge in [-0.3, -0.25) is 4.79 Å². The topological polar surface area (TPSA) is 55.6 Å². The molecule has 1 aromatic heterocycles. The minimum absolute atomic E-state index is 0.307. The maximum atomic E-state index is 12.5. The summed E-state index contributed by atoms with van der Waals surface area (Å²) in [6, 6.07) is 17.7. The fraction of sp³-hybridized carbons (Fsp3) is 0.250. The number of benzene rings is 2. The van der Waals surface area contributed by atoms with Gasteiger partial charge in [0, 0.05) is 24.1 Å². The van der Waals surface area contributed by atoms with E-state index in [1.807, 2.05) is 30.3 Å². The molecule has 0 fully saturated rings. The average Bonchev–Trinajstić information content (AvgIpc) is 2.97. The van der Waals surface area contributed by atoms with Crippen molar-refractivity contribution in [1.29, 1.82) is 0 Å². The molecule has 1 heterocycles. The number of hydrazone groups is 1. The van der Waals surface area contributed by atoms with Crippen LogP contribution in [0.4, 0.5) is 0 Å². The van der Waals surface area contributed by atoms with E-state index in [9.17, 15) is 4.79 Å². The molecule has 0 saturated carbocycles. The molecule has 0 aliphatic rings. The molecule has 0 aliphatic heterocycles. The first-order valence-electron chi connectivity index (χ1n) is 9.60. The molecule has 1 N–H and O–H groups in total. The van der Waals surface area contributed by atoms with E-state index in [1.165, 1.54) is 23.9 Å². The number of aryl methyl sites for hydroxylation is 3. The molecule has 0 spiro atoms. The van der Waals surface area contributed by atoms with E-state index < -0.39 is 6.10 Å². The van der Waals surface area contributed by atoms with E-state index in [2.05, 4.69) is 67.1 Å². The molecule has 2 aromatic carbocycles. The number of carbonyl (C=O) groups is 1. The van der Waals surface area contributed by atoms with Crippen LogP contribution in [-0.2, 0) is 9.53 Å². The largest absolute Gasteiger partial charge is 0.367 e. The van der Waals surface area contributed by atoms with Gasteiger partial charge in [0.15, 0.2) is 6.10 Å². The highest BCUT2D eigenvalue weighted by Gasteiger charge is 2.19. The van der Waals surface area contributed by atoms with Crippen LogP contribution in [0.25, 0.3) is 5.69 Å². The molecular formula is C24H27N3O2. The summed E-state index contributed by atoms with van der Waals surface area (Å²) in [5.41, 5.74) is 10.2. The molecule has 0 bridgehead atoms. The van der Waals surface area contributed by atoms with Crippen molar-refractivity contribution in [3.05, 3.63) is 88.2 Å². The Bertz CT molecular complexity index is 1020. The summed E-state index contributed by atoms with van der Waals surface area (Å²) < 4.78 is 7.57. The minimum Gasteiger partial charge on any atom is -0.367 e. The Kier molecular flexibility index (Phi) is 6.29. The van der Waals surface area contributed by atoms with Gasteiger partial charge < -0.3 is 9.30 Å². The highest BCUT2D eigenvalue weighted by atomic mass is 16.5. The first-order chi connectivity index (χ1) is 13.9. The number of rotatable bonds is 6. The van der Waals surface area contributed by atoms with E-state index in [-0.39, 0.29) is 5.91 Å². The predicted octanol–water partition coefficient (Wildman–Crippen LogP) is 4.55. The van der Waals surface area contributed by atoms with Gasteiger partial charge in [-0.05, 0) is 50.5 Å². The van der Waals surface area contributed by atoms with Crippen LogP contribution >= 0.6 is 0 Å². The molecule has 5 nitrogen and oxygen atoms in total. The number of methoxy groups -OCH3 is 1. The number of carbonyl (C=O) groups excluding carboxylic acids is 1. The molecule has 1 atom stereocenters. The molecule has 1 amide bonds. The van der Waals surface area contributed by atoms with Gasteiger partial charge in [0.1, 0.15) is 0 Å². The van der Waals surface area contributed by atoms with Gasteiger partial charge >= 0.3 is 0 Å². The second kappa shape index (κ2) is 8.88. The third-order valence-corrected chi connectivity index (χ3v) is 5.09. The van der Waals surface area contributed by atoms with Crippen molar-refractivity contribution in [2.24, 2.45) is 5.10 Å². The van der Waals surface area contributed by atoms with Gasteiger partial charge in [0.2, 0.25) is 0 Å². The van der Waals surface area contributed by atoms with Crippen LogP contribution in [0.3, 0.4) is 0 Å². The van der Waals surface area contributed by atoms with Gasteiger partial charge in [-0.1, -0.05) is 48.5 Å². The number of aromatic nitrogens is 1. The van der Waals surface area contributed by atoms with Crippen LogP contribution in [0.2, 0.25) is 0 Å². The summed E-state index contributed by atoms with van der Waals surface area (Å²) in [5.74, 6) is -0.307. The van der Waals surface area contributed by atoms with Crippen molar-refractivity contribution in [3.63, 3.8) is 0 Å². The number of ether oxygens (including phenoxy) is 1. The average molecular weight is 389 g/mol. The van der Waals surface area contributed by atoms with Crippen LogP contribution in [0, 0.1) is 27.7 Å². The van der Waals surface area contributed by atoms with Gasteiger partial charge in [-0.2, -0.15) is 5.10 Å². The number of hydrogen-bond donors (Lipinski definition) is 1. The third-order valence-electron chi connectivity index (χ3n) is 5.09. The summed E-state index contributed by atoms with van der Waals surface area (Å²) in [4.78, 5) is 12.5. The predicted molar refractivity (Wildman–Crippen MR) is 117 cm³/mol. The van der Waals surface area contributed by atoms with E-state index in [4.69, 9.17) is 4.74 Å². The lowest BCUT2D eigenvalue weighted by Crippen LogP contribution is -2.26. The molecular weight excluding hydrogens is 362 g/mol. The SMILES string of the molecule is COC(C(=O)N/N=C/c1cc(C)n(-c2c(C)cccc2C)c1C)c1ccccc1. The highest BCUT2D eigenvalue weighted by Crippen LogP contribution is 2.25.